The summed E-state index contributed by atoms with van der Waals surface area (Å²) in [7, 11) is 0. The Bertz CT molecular complexity index is 600. The molecule has 1 aromatic heterocycles. The number of para-hydroxylation sites is 1. The number of β-amino-alcohol motifs (C(OH)–C–C–N with tert-alkyl or cyclic N) is 1. The highest BCUT2D eigenvalue weighted by Gasteiger charge is 2.34. The van der Waals surface area contributed by atoms with Crippen LogP contribution in [0.15, 0.2) is 36.8 Å². The summed E-state index contributed by atoms with van der Waals surface area (Å²) in [5.41, 5.74) is 1.38. The zero-order valence-electron chi connectivity index (χ0n) is 13.0. The molecular weight excluding hydrogens is 278 g/mol. The van der Waals surface area contributed by atoms with Gasteiger partial charge in [-0.25, -0.2) is 4.98 Å². The predicted octanol–water partition coefficient (Wildman–Crippen LogP) is 2.12. The number of aliphatic hydroxyl groups is 1. The fourth-order valence-electron chi connectivity index (χ4n) is 3.00. The summed E-state index contributed by atoms with van der Waals surface area (Å²) in [5.74, 6) is 0.849. The number of aromatic amines is 1. The molecule has 2 N–H and O–H groups in total. The van der Waals surface area contributed by atoms with Gasteiger partial charge in [0.25, 0.3) is 0 Å². The summed E-state index contributed by atoms with van der Waals surface area (Å²) < 4.78 is 5.87. The number of likely N-dealkylation sites (tertiary alicyclic amines) is 1. The van der Waals surface area contributed by atoms with Crippen LogP contribution in [-0.4, -0.2) is 45.3 Å². The van der Waals surface area contributed by atoms with Gasteiger partial charge in [-0.05, 0) is 37.9 Å². The molecule has 22 heavy (non-hydrogen) atoms. The molecule has 5 nitrogen and oxygen atoms in total. The molecule has 2 aromatic rings. The van der Waals surface area contributed by atoms with Crippen LogP contribution in [-0.2, 0) is 6.54 Å². The first-order valence-corrected chi connectivity index (χ1v) is 7.75. The molecule has 5 heteroatoms. The van der Waals surface area contributed by atoms with E-state index in [1.54, 1.807) is 6.33 Å². The Morgan fingerprint density at radius 2 is 2.27 bits per heavy atom. The van der Waals surface area contributed by atoms with E-state index in [0.29, 0.717) is 13.2 Å². The van der Waals surface area contributed by atoms with Gasteiger partial charge in [-0.2, -0.15) is 0 Å². The highest BCUT2D eigenvalue weighted by atomic mass is 16.5. The Hall–Kier alpha value is -1.85. The third kappa shape index (κ3) is 3.67. The van der Waals surface area contributed by atoms with E-state index in [4.69, 9.17) is 4.74 Å². The van der Waals surface area contributed by atoms with Crippen LogP contribution in [0.2, 0.25) is 0 Å². The Labute approximate surface area is 130 Å². The molecule has 0 saturated carbocycles. The Kier molecular flexibility index (Phi) is 4.45. The minimum Gasteiger partial charge on any atom is -0.490 e. The molecular formula is C17H23N3O2. The second-order valence-corrected chi connectivity index (χ2v) is 6.17. The van der Waals surface area contributed by atoms with E-state index in [9.17, 15) is 5.11 Å². The number of aryl methyl sites for hydroxylation is 1. The molecule has 1 atom stereocenters. The molecule has 1 fully saturated rings. The monoisotopic (exact) mass is 301 g/mol. The van der Waals surface area contributed by atoms with Crippen molar-refractivity contribution < 1.29 is 9.84 Å². The van der Waals surface area contributed by atoms with Gasteiger partial charge in [0.2, 0.25) is 0 Å². The highest BCUT2D eigenvalue weighted by Crippen LogP contribution is 2.25. The van der Waals surface area contributed by atoms with Gasteiger partial charge in [0.1, 0.15) is 18.0 Å². The minimum absolute atomic E-state index is 0.331. The summed E-state index contributed by atoms with van der Waals surface area (Å²) in [4.78, 5) is 9.40. The summed E-state index contributed by atoms with van der Waals surface area (Å²) in [6.07, 6.45) is 5.27. The molecule has 1 aliphatic heterocycles. The SMILES string of the molecule is Cc1ccccc1OC[C@]1(O)CCCN(Cc2cnc[nH]2)C1. The molecule has 2 heterocycles. The number of rotatable bonds is 5. The maximum absolute atomic E-state index is 10.8. The number of piperidine rings is 1. The van der Waals surface area contributed by atoms with Crippen LogP contribution in [0, 0.1) is 6.92 Å². The van der Waals surface area contributed by atoms with E-state index in [-0.39, 0.29) is 0 Å². The van der Waals surface area contributed by atoms with Crippen molar-refractivity contribution in [3.05, 3.63) is 48.0 Å². The maximum atomic E-state index is 10.8. The smallest absolute Gasteiger partial charge is 0.122 e. The fourth-order valence-corrected chi connectivity index (χ4v) is 3.00. The molecule has 1 aromatic carbocycles. The molecule has 1 aliphatic rings. The molecule has 0 bridgehead atoms. The van der Waals surface area contributed by atoms with Crippen molar-refractivity contribution in [3.8, 4) is 5.75 Å². The van der Waals surface area contributed by atoms with E-state index in [0.717, 1.165) is 42.9 Å². The molecule has 118 valence electrons. The highest BCUT2D eigenvalue weighted by molar-refractivity contribution is 5.31. The van der Waals surface area contributed by atoms with Gasteiger partial charge in [0.15, 0.2) is 0 Å². The van der Waals surface area contributed by atoms with Crippen LogP contribution in [0.3, 0.4) is 0 Å². The van der Waals surface area contributed by atoms with Crippen molar-refractivity contribution in [3.63, 3.8) is 0 Å². The van der Waals surface area contributed by atoms with Crippen molar-refractivity contribution in [1.29, 1.82) is 0 Å². The molecule has 0 unspecified atom stereocenters. The lowest BCUT2D eigenvalue weighted by atomic mass is 9.93. The zero-order chi connectivity index (χ0) is 15.4. The number of hydrogen-bond acceptors (Lipinski definition) is 4. The van der Waals surface area contributed by atoms with Gasteiger partial charge in [0.05, 0.1) is 6.33 Å². The number of benzene rings is 1. The first-order chi connectivity index (χ1) is 10.6. The molecule has 3 rings (SSSR count). The third-order valence-electron chi connectivity index (χ3n) is 4.17. The van der Waals surface area contributed by atoms with E-state index in [1.807, 2.05) is 37.4 Å². The number of H-pyrrole nitrogens is 1. The van der Waals surface area contributed by atoms with Gasteiger partial charge in [-0.15, -0.1) is 0 Å². The number of aromatic nitrogens is 2. The number of imidazole rings is 1. The summed E-state index contributed by atoms with van der Waals surface area (Å²) in [5, 5.41) is 10.8. The summed E-state index contributed by atoms with van der Waals surface area (Å²) in [6.45, 7) is 4.75. The average Bonchev–Trinajstić information content (AvgIpc) is 2.99. The van der Waals surface area contributed by atoms with Crippen LogP contribution in [0.4, 0.5) is 0 Å². The van der Waals surface area contributed by atoms with Crippen LogP contribution in [0.5, 0.6) is 5.75 Å². The van der Waals surface area contributed by atoms with E-state index in [1.165, 1.54) is 0 Å². The van der Waals surface area contributed by atoms with Gasteiger partial charge in [-0.3, -0.25) is 4.90 Å². The van der Waals surface area contributed by atoms with Gasteiger partial charge in [0, 0.05) is 25.0 Å². The standard InChI is InChI=1S/C17H23N3O2/c1-14-5-2-3-6-16(14)22-12-17(21)7-4-8-20(11-17)10-15-9-18-13-19-15/h2-3,5-6,9,13,21H,4,7-8,10-12H2,1H3,(H,18,19)/t17-/m0/s1. The van der Waals surface area contributed by atoms with Gasteiger partial charge < -0.3 is 14.8 Å². The maximum Gasteiger partial charge on any atom is 0.122 e. The Balaban J connectivity index is 1.58. The van der Waals surface area contributed by atoms with Crippen molar-refractivity contribution in [2.24, 2.45) is 0 Å². The van der Waals surface area contributed by atoms with E-state index in [2.05, 4.69) is 14.9 Å². The fraction of sp³-hybridized carbons (Fsp3) is 0.471. The summed E-state index contributed by atoms with van der Waals surface area (Å²) in [6, 6.07) is 7.91. The largest absolute Gasteiger partial charge is 0.490 e. The van der Waals surface area contributed by atoms with E-state index < -0.39 is 5.60 Å². The summed E-state index contributed by atoms with van der Waals surface area (Å²) >= 11 is 0. The number of nitrogens with zero attached hydrogens (tertiary/aromatic N) is 2. The zero-order valence-corrected chi connectivity index (χ0v) is 13.0. The van der Waals surface area contributed by atoms with Crippen LogP contribution >= 0.6 is 0 Å². The van der Waals surface area contributed by atoms with Gasteiger partial charge >= 0.3 is 0 Å². The second kappa shape index (κ2) is 6.50. The third-order valence-corrected chi connectivity index (χ3v) is 4.17. The topological polar surface area (TPSA) is 61.4 Å². The number of hydrogen-bond donors (Lipinski definition) is 2. The van der Waals surface area contributed by atoms with Crippen LogP contribution < -0.4 is 4.74 Å². The molecule has 0 aliphatic carbocycles. The van der Waals surface area contributed by atoms with Crippen molar-refractivity contribution >= 4 is 0 Å². The minimum atomic E-state index is -0.791. The Morgan fingerprint density at radius 3 is 3.05 bits per heavy atom. The number of nitrogens with one attached hydrogen (secondary N) is 1. The molecule has 1 saturated heterocycles. The lowest BCUT2D eigenvalue weighted by molar-refractivity contribution is -0.0624. The quantitative estimate of drug-likeness (QED) is 0.888. The second-order valence-electron chi connectivity index (χ2n) is 6.17. The van der Waals surface area contributed by atoms with Gasteiger partial charge in [-0.1, -0.05) is 18.2 Å². The first kappa shape index (κ1) is 15.1. The first-order valence-electron chi connectivity index (χ1n) is 7.75. The van der Waals surface area contributed by atoms with Crippen molar-refractivity contribution in [2.45, 2.75) is 31.9 Å². The van der Waals surface area contributed by atoms with Crippen molar-refractivity contribution in [1.82, 2.24) is 14.9 Å². The van der Waals surface area contributed by atoms with Crippen LogP contribution in [0.25, 0.3) is 0 Å². The average molecular weight is 301 g/mol. The van der Waals surface area contributed by atoms with E-state index >= 15 is 0 Å². The predicted molar refractivity (Wildman–Crippen MR) is 84.7 cm³/mol. The van der Waals surface area contributed by atoms with Crippen molar-refractivity contribution in [2.75, 3.05) is 19.7 Å². The molecule has 0 spiro atoms. The molecule has 0 radical (unpaired) electrons. The lowest BCUT2D eigenvalue weighted by Gasteiger charge is -2.38. The normalized spacial score (nSPS) is 22.6. The Morgan fingerprint density at radius 1 is 1.41 bits per heavy atom. The number of ether oxygens (including phenoxy) is 1. The lowest BCUT2D eigenvalue weighted by Crippen LogP contribution is -2.51. The van der Waals surface area contributed by atoms with Crippen LogP contribution in [0.1, 0.15) is 24.1 Å². The molecule has 0 amide bonds.